The highest BCUT2D eigenvalue weighted by Crippen LogP contribution is 2.47. The molecule has 2 fully saturated rings. The predicted octanol–water partition coefficient (Wildman–Crippen LogP) is 3.00. The van der Waals surface area contributed by atoms with E-state index in [-0.39, 0.29) is 29.6 Å². The number of benzene rings is 2. The number of hydrogen-bond acceptors (Lipinski definition) is 7. The van der Waals surface area contributed by atoms with Gasteiger partial charge in [0.1, 0.15) is 11.6 Å². The Labute approximate surface area is 275 Å². The van der Waals surface area contributed by atoms with E-state index >= 15 is 0 Å². The van der Waals surface area contributed by atoms with Crippen LogP contribution in [-0.4, -0.2) is 117 Å². The molecular weight excluding hydrogens is 634 g/mol. The zero-order valence-electron chi connectivity index (χ0n) is 26.0. The number of halogens is 2. The fourth-order valence-electron chi connectivity index (χ4n) is 5.72. The Balaban J connectivity index is 0.000000325. The summed E-state index contributed by atoms with van der Waals surface area (Å²) < 4.78 is 27.5. The van der Waals surface area contributed by atoms with Gasteiger partial charge in [-0.15, -0.1) is 0 Å². The quantitative estimate of drug-likeness (QED) is 0.247. The lowest BCUT2D eigenvalue weighted by molar-refractivity contribution is -0.134. The summed E-state index contributed by atoms with van der Waals surface area (Å²) in [4.78, 5) is 57.0. The Morgan fingerprint density at radius 2 is 1.27 bits per heavy atom. The molecule has 2 amide bonds. The fourth-order valence-corrected chi connectivity index (χ4v) is 5.72. The highest BCUT2D eigenvalue weighted by Gasteiger charge is 2.37. The first-order valence-electron chi connectivity index (χ1n) is 15.2. The van der Waals surface area contributed by atoms with Gasteiger partial charge < -0.3 is 30.6 Å². The lowest BCUT2D eigenvalue weighted by atomic mass is 9.93. The number of rotatable bonds is 9. The molecule has 0 aromatic heterocycles. The Kier molecular flexibility index (Phi) is 14.2. The number of nitrogens with zero attached hydrogens (tertiary/aromatic N) is 3. The van der Waals surface area contributed by atoms with Crippen LogP contribution in [0.4, 0.5) is 13.6 Å². The molecule has 0 bridgehead atoms. The summed E-state index contributed by atoms with van der Waals surface area (Å²) in [6.45, 7) is 7.10. The Bertz CT molecular complexity index is 1440. The molecule has 5 N–H and O–H groups in total. The summed E-state index contributed by atoms with van der Waals surface area (Å²) in [6.07, 6.45) is 4.13. The molecule has 0 unspecified atom stereocenters. The van der Waals surface area contributed by atoms with Gasteiger partial charge in [0.15, 0.2) is 0 Å². The van der Waals surface area contributed by atoms with Crippen molar-refractivity contribution >= 4 is 29.9 Å². The number of aliphatic carboxylic acids is 4. The third-order valence-electron chi connectivity index (χ3n) is 7.95. The molecule has 2 atom stereocenters. The summed E-state index contributed by atoms with van der Waals surface area (Å²) in [6, 6.07) is 12.1. The molecule has 2 saturated heterocycles. The minimum absolute atomic E-state index is 0.0523. The van der Waals surface area contributed by atoms with Crippen molar-refractivity contribution in [3.05, 3.63) is 95.1 Å². The summed E-state index contributed by atoms with van der Waals surface area (Å²) in [5, 5.41) is 34.2. The maximum Gasteiger partial charge on any atom is 0.328 e. The van der Waals surface area contributed by atoms with Crippen LogP contribution >= 0.6 is 0 Å². The maximum absolute atomic E-state index is 14.1. The molecule has 1 aliphatic carbocycles. The van der Waals surface area contributed by atoms with Crippen LogP contribution < -0.4 is 5.32 Å². The van der Waals surface area contributed by atoms with Crippen molar-refractivity contribution in [2.45, 2.75) is 24.8 Å². The number of hydrogen-bond donors (Lipinski definition) is 5. The number of piperazine rings is 1. The molecule has 3 aliphatic rings. The highest BCUT2D eigenvalue weighted by atomic mass is 19.1. The minimum Gasteiger partial charge on any atom is -0.478 e. The largest absolute Gasteiger partial charge is 0.478 e. The smallest absolute Gasteiger partial charge is 0.328 e. The molecular formula is C33H38F2N4O9. The summed E-state index contributed by atoms with van der Waals surface area (Å²) in [7, 11) is 0. The monoisotopic (exact) mass is 672 g/mol. The molecule has 2 heterocycles. The van der Waals surface area contributed by atoms with Crippen molar-refractivity contribution in [2.24, 2.45) is 0 Å². The summed E-state index contributed by atoms with van der Waals surface area (Å²) in [5.74, 6) is -5.41. The highest BCUT2D eigenvalue weighted by molar-refractivity contribution is 5.90. The zero-order valence-corrected chi connectivity index (χ0v) is 26.0. The number of carboxylic acid groups (broad SMARTS) is 4. The molecule has 258 valence electrons. The number of urea groups is 1. The van der Waals surface area contributed by atoms with Crippen LogP contribution in [0.25, 0.3) is 0 Å². The standard InChI is InChI=1S/C25H30F2N4O.2C4H4O4/c26-19-4-2-18(3-5-19)22-17-24(21-7-6-20(27)16-23(21)22)30-13-10-29(11-14-30)12-15-31-9-1-8-28-25(31)32;2*5-3(6)1-2-4(7)8/h2-7,16,22,24H,1,8-15,17H2,(H,28,32);2*1-2H,(H,5,6)(H,7,8)/b;2*2-1-/t22-,24+;;/m1../s1. The molecule has 2 aromatic rings. The molecule has 0 spiro atoms. The van der Waals surface area contributed by atoms with Gasteiger partial charge >= 0.3 is 29.9 Å². The third kappa shape index (κ3) is 11.9. The molecule has 2 aromatic carbocycles. The first-order valence-corrected chi connectivity index (χ1v) is 15.2. The van der Waals surface area contributed by atoms with E-state index in [1.165, 1.54) is 17.7 Å². The maximum atomic E-state index is 14.1. The predicted molar refractivity (Wildman–Crippen MR) is 168 cm³/mol. The van der Waals surface area contributed by atoms with Crippen LogP contribution in [-0.2, 0) is 19.2 Å². The molecule has 2 aliphatic heterocycles. The lowest BCUT2D eigenvalue weighted by Crippen LogP contribution is -2.52. The average molecular weight is 673 g/mol. The third-order valence-corrected chi connectivity index (χ3v) is 7.95. The second-order valence-electron chi connectivity index (χ2n) is 11.1. The fraction of sp³-hybridized carbons (Fsp3) is 0.364. The van der Waals surface area contributed by atoms with Crippen LogP contribution in [0.15, 0.2) is 66.8 Å². The number of carbonyl (C=O) groups is 5. The number of nitrogens with one attached hydrogen (secondary N) is 1. The Hall–Kier alpha value is -5.15. The van der Waals surface area contributed by atoms with E-state index in [9.17, 15) is 32.8 Å². The van der Waals surface area contributed by atoms with E-state index in [0.717, 1.165) is 76.3 Å². The second kappa shape index (κ2) is 18.3. The van der Waals surface area contributed by atoms with Gasteiger partial charge in [0.25, 0.3) is 0 Å². The van der Waals surface area contributed by atoms with E-state index in [0.29, 0.717) is 24.3 Å². The van der Waals surface area contributed by atoms with Gasteiger partial charge in [-0.2, -0.15) is 0 Å². The number of carboxylic acids is 4. The van der Waals surface area contributed by atoms with E-state index in [1.807, 2.05) is 23.1 Å². The molecule has 13 nitrogen and oxygen atoms in total. The van der Waals surface area contributed by atoms with Gasteiger partial charge in [-0.25, -0.2) is 32.8 Å². The SMILES string of the molecule is O=C(O)/C=C\C(=O)O.O=C(O)/C=C\C(=O)O.O=C1NCCCN1CCN1CCN([C@H]2C[C@H](c3ccc(F)cc3)c3cc(F)ccc32)CC1. The van der Waals surface area contributed by atoms with E-state index < -0.39 is 23.9 Å². The average Bonchev–Trinajstić information content (AvgIpc) is 3.42. The molecule has 15 heteroatoms. The minimum atomic E-state index is -1.26. The number of fused-ring (bicyclic) bond motifs is 1. The van der Waals surface area contributed by atoms with Gasteiger partial charge in [-0.05, 0) is 53.8 Å². The van der Waals surface area contributed by atoms with Crippen molar-refractivity contribution in [1.82, 2.24) is 20.0 Å². The first kappa shape index (κ1) is 37.3. The van der Waals surface area contributed by atoms with E-state index in [1.54, 1.807) is 12.1 Å². The summed E-state index contributed by atoms with van der Waals surface area (Å²) in [5.41, 5.74) is 3.26. The van der Waals surface area contributed by atoms with Gasteiger partial charge in [-0.3, -0.25) is 9.80 Å². The van der Waals surface area contributed by atoms with Crippen LogP contribution in [0.5, 0.6) is 0 Å². The molecule has 0 saturated carbocycles. The first-order chi connectivity index (χ1) is 22.8. The van der Waals surface area contributed by atoms with Crippen molar-refractivity contribution in [3.63, 3.8) is 0 Å². The van der Waals surface area contributed by atoms with E-state index in [2.05, 4.69) is 15.1 Å². The number of carbonyl (C=O) groups excluding carboxylic acids is 1. The topological polar surface area (TPSA) is 188 Å². The van der Waals surface area contributed by atoms with Crippen molar-refractivity contribution in [1.29, 1.82) is 0 Å². The molecule has 5 rings (SSSR count). The Morgan fingerprint density at radius 3 is 1.79 bits per heavy atom. The normalized spacial score (nSPS) is 19.5. The van der Waals surface area contributed by atoms with Crippen molar-refractivity contribution in [3.8, 4) is 0 Å². The van der Waals surface area contributed by atoms with Gasteiger partial charge in [0, 0.05) is 88.6 Å². The second-order valence-corrected chi connectivity index (χ2v) is 11.1. The zero-order chi connectivity index (χ0) is 35.2. The lowest BCUT2D eigenvalue weighted by Gasteiger charge is -2.39. The number of amides is 2. The molecule has 48 heavy (non-hydrogen) atoms. The van der Waals surface area contributed by atoms with Crippen LogP contribution in [0.3, 0.4) is 0 Å². The van der Waals surface area contributed by atoms with Crippen LogP contribution in [0.2, 0.25) is 0 Å². The van der Waals surface area contributed by atoms with Crippen molar-refractivity contribution in [2.75, 3.05) is 52.4 Å². The van der Waals surface area contributed by atoms with Crippen molar-refractivity contribution < 1.29 is 53.2 Å². The summed E-state index contributed by atoms with van der Waals surface area (Å²) >= 11 is 0. The van der Waals surface area contributed by atoms with Crippen LogP contribution in [0, 0.1) is 11.6 Å². The molecule has 0 radical (unpaired) electrons. The Morgan fingerprint density at radius 1 is 0.729 bits per heavy atom. The van der Waals surface area contributed by atoms with Gasteiger partial charge in [0.05, 0.1) is 0 Å². The van der Waals surface area contributed by atoms with Gasteiger partial charge in [-0.1, -0.05) is 18.2 Å². The van der Waals surface area contributed by atoms with Gasteiger partial charge in [0.2, 0.25) is 0 Å². The van der Waals surface area contributed by atoms with Crippen LogP contribution in [0.1, 0.15) is 41.5 Å². The van der Waals surface area contributed by atoms with E-state index in [4.69, 9.17) is 20.4 Å².